The molecule has 3 N–H and O–H groups in total. The Kier molecular flexibility index (Phi) is 7.43. The molecular formula is C19H31N3O. The van der Waals surface area contributed by atoms with Crippen LogP contribution in [-0.4, -0.2) is 30.8 Å². The van der Waals surface area contributed by atoms with Gasteiger partial charge in [-0.05, 0) is 38.3 Å². The molecule has 23 heavy (non-hydrogen) atoms. The average Bonchev–Trinajstić information content (AvgIpc) is 2.98. The first-order chi connectivity index (χ1) is 10.8. The largest absolute Gasteiger partial charge is 0.359 e. The number of amides is 1. The van der Waals surface area contributed by atoms with Crippen molar-refractivity contribution >= 4 is 12.1 Å². The molecule has 0 aromatic carbocycles. The van der Waals surface area contributed by atoms with Crippen LogP contribution in [0.25, 0.3) is 0 Å². The lowest BCUT2D eigenvalue weighted by atomic mass is 9.87. The topological polar surface area (TPSA) is 67.5 Å². The smallest absolute Gasteiger partial charge is 0.221 e. The van der Waals surface area contributed by atoms with Crippen molar-refractivity contribution in [2.24, 2.45) is 10.7 Å². The summed E-state index contributed by atoms with van der Waals surface area (Å²) in [7, 11) is 1.63. The Labute approximate surface area is 140 Å². The van der Waals surface area contributed by atoms with Gasteiger partial charge in [0.1, 0.15) is 0 Å². The second kappa shape index (κ2) is 8.82. The number of rotatable bonds is 8. The third kappa shape index (κ3) is 5.79. The van der Waals surface area contributed by atoms with Crippen LogP contribution in [0, 0.1) is 0 Å². The minimum atomic E-state index is -0.660. The highest BCUT2D eigenvalue weighted by atomic mass is 16.1. The minimum absolute atomic E-state index is 0.0500. The number of carbonyl (C=O) groups excluding carboxylic acids is 1. The van der Waals surface area contributed by atoms with Gasteiger partial charge in [-0.25, -0.2) is 0 Å². The predicted octanol–water partition coefficient (Wildman–Crippen LogP) is 3.30. The highest BCUT2D eigenvalue weighted by Crippen LogP contribution is 2.24. The van der Waals surface area contributed by atoms with E-state index in [-0.39, 0.29) is 12.3 Å². The molecule has 1 rings (SSSR count). The summed E-state index contributed by atoms with van der Waals surface area (Å²) in [6.07, 6.45) is 12.1. The molecule has 0 aromatic rings. The number of nitrogens with zero attached hydrogens (tertiary/aromatic N) is 1. The van der Waals surface area contributed by atoms with Gasteiger partial charge >= 0.3 is 0 Å². The molecule has 2 unspecified atom stereocenters. The first kappa shape index (κ1) is 19.4. The molecule has 1 aliphatic rings. The molecular weight excluding hydrogens is 286 g/mol. The van der Waals surface area contributed by atoms with E-state index in [1.807, 2.05) is 27.0 Å². The molecule has 4 heteroatoms. The van der Waals surface area contributed by atoms with E-state index in [1.165, 1.54) is 12.8 Å². The average molecular weight is 317 g/mol. The van der Waals surface area contributed by atoms with Crippen LogP contribution >= 0.6 is 0 Å². The van der Waals surface area contributed by atoms with Gasteiger partial charge in [0.15, 0.2) is 0 Å². The second-order valence-corrected chi connectivity index (χ2v) is 6.45. The van der Waals surface area contributed by atoms with Crippen LogP contribution in [0.15, 0.2) is 39.9 Å². The predicted molar refractivity (Wildman–Crippen MR) is 98.7 cm³/mol. The van der Waals surface area contributed by atoms with E-state index in [2.05, 4.69) is 35.5 Å². The van der Waals surface area contributed by atoms with Gasteiger partial charge in [-0.3, -0.25) is 9.79 Å². The van der Waals surface area contributed by atoms with E-state index < -0.39 is 5.54 Å². The maximum Gasteiger partial charge on any atom is 0.221 e. The van der Waals surface area contributed by atoms with E-state index in [4.69, 9.17) is 5.73 Å². The summed E-state index contributed by atoms with van der Waals surface area (Å²) in [5.74, 6) is -0.0500. The van der Waals surface area contributed by atoms with Crippen LogP contribution in [0.2, 0.25) is 0 Å². The van der Waals surface area contributed by atoms with Crippen LogP contribution in [0.1, 0.15) is 53.4 Å². The highest BCUT2D eigenvalue weighted by molar-refractivity contribution is 5.88. The van der Waals surface area contributed by atoms with Gasteiger partial charge in [-0.2, -0.15) is 0 Å². The zero-order valence-corrected chi connectivity index (χ0v) is 15.1. The molecule has 0 fully saturated rings. The van der Waals surface area contributed by atoms with Crippen LogP contribution < -0.4 is 11.1 Å². The molecule has 1 amide bonds. The van der Waals surface area contributed by atoms with E-state index in [0.29, 0.717) is 6.04 Å². The van der Waals surface area contributed by atoms with E-state index in [9.17, 15) is 4.79 Å². The molecule has 1 heterocycles. The summed E-state index contributed by atoms with van der Waals surface area (Å²) in [4.78, 5) is 16.2. The summed E-state index contributed by atoms with van der Waals surface area (Å²) >= 11 is 0. The fraction of sp³-hybridized carbons (Fsp3) is 0.579. The van der Waals surface area contributed by atoms with Crippen molar-refractivity contribution in [2.75, 3.05) is 7.05 Å². The van der Waals surface area contributed by atoms with Gasteiger partial charge in [-0.1, -0.05) is 43.6 Å². The zero-order chi connectivity index (χ0) is 17.5. The third-order valence-electron chi connectivity index (χ3n) is 4.35. The quantitative estimate of drug-likeness (QED) is 0.674. The van der Waals surface area contributed by atoms with Crippen LogP contribution in [0.3, 0.4) is 0 Å². The molecule has 0 radical (unpaired) electrons. The molecule has 4 nitrogen and oxygen atoms in total. The summed E-state index contributed by atoms with van der Waals surface area (Å²) in [6, 6.07) is 0.295. The molecule has 0 spiro atoms. The van der Waals surface area contributed by atoms with Crippen molar-refractivity contribution in [3.8, 4) is 0 Å². The Morgan fingerprint density at radius 3 is 2.78 bits per heavy atom. The summed E-state index contributed by atoms with van der Waals surface area (Å²) in [6.45, 7) is 8.08. The lowest BCUT2D eigenvalue weighted by Crippen LogP contribution is -2.42. The Balaban J connectivity index is 2.87. The standard InChI is InChI=1S/C19H31N3O/c1-6-8-9-17-11-16(13-22-17)15(7-2)10-14(3)19(4,20)12-18(23)21-5/h7,10-11,13,17H,6,8-9,12,20H2,1-5H3,(H,21,23)/b14-10+,15-7+. The number of allylic oxidation sites excluding steroid dienone is 4. The Morgan fingerprint density at radius 2 is 2.22 bits per heavy atom. The van der Waals surface area contributed by atoms with Crippen molar-refractivity contribution < 1.29 is 4.79 Å². The number of hydrogen-bond donors (Lipinski definition) is 2. The highest BCUT2D eigenvalue weighted by Gasteiger charge is 2.24. The van der Waals surface area contributed by atoms with Gasteiger partial charge in [0, 0.05) is 25.2 Å². The van der Waals surface area contributed by atoms with Gasteiger partial charge in [0.05, 0.1) is 6.04 Å². The van der Waals surface area contributed by atoms with E-state index in [1.54, 1.807) is 7.05 Å². The molecule has 0 bridgehead atoms. The molecule has 0 saturated heterocycles. The first-order valence-electron chi connectivity index (χ1n) is 8.44. The Hall–Kier alpha value is -1.68. The molecule has 2 atom stereocenters. The normalized spacial score (nSPS) is 21.1. The van der Waals surface area contributed by atoms with Crippen molar-refractivity contribution in [2.45, 2.75) is 65.0 Å². The van der Waals surface area contributed by atoms with Crippen molar-refractivity contribution in [3.63, 3.8) is 0 Å². The molecule has 0 aliphatic carbocycles. The SMILES string of the molecule is C/C=C(\C=C(/C)C(C)(N)CC(=O)NC)C1=CC(CCCC)N=C1. The Bertz CT molecular complexity index is 539. The number of nitrogens with one attached hydrogen (secondary N) is 1. The number of carbonyl (C=O) groups is 1. The molecule has 0 saturated carbocycles. The molecule has 1 aliphatic heterocycles. The van der Waals surface area contributed by atoms with Crippen LogP contribution in [0.5, 0.6) is 0 Å². The minimum Gasteiger partial charge on any atom is -0.359 e. The number of aliphatic imine (C=N–C) groups is 1. The maximum atomic E-state index is 11.6. The fourth-order valence-corrected chi connectivity index (χ4v) is 2.50. The van der Waals surface area contributed by atoms with Gasteiger partial charge in [0.2, 0.25) is 5.91 Å². The van der Waals surface area contributed by atoms with Gasteiger partial charge < -0.3 is 11.1 Å². The second-order valence-electron chi connectivity index (χ2n) is 6.45. The van der Waals surface area contributed by atoms with Crippen molar-refractivity contribution in [3.05, 3.63) is 34.9 Å². The van der Waals surface area contributed by atoms with Crippen LogP contribution in [0.4, 0.5) is 0 Å². The Morgan fingerprint density at radius 1 is 1.52 bits per heavy atom. The lowest BCUT2D eigenvalue weighted by Gasteiger charge is -2.25. The lowest BCUT2D eigenvalue weighted by molar-refractivity contribution is -0.121. The third-order valence-corrected chi connectivity index (χ3v) is 4.35. The molecule has 0 aromatic heterocycles. The van der Waals surface area contributed by atoms with Gasteiger partial charge in [0.25, 0.3) is 0 Å². The first-order valence-corrected chi connectivity index (χ1v) is 8.44. The van der Waals surface area contributed by atoms with E-state index >= 15 is 0 Å². The zero-order valence-electron chi connectivity index (χ0n) is 15.1. The number of nitrogens with two attached hydrogens (primary N) is 1. The van der Waals surface area contributed by atoms with Gasteiger partial charge in [-0.15, -0.1) is 0 Å². The maximum absolute atomic E-state index is 11.6. The monoisotopic (exact) mass is 317 g/mol. The molecule has 128 valence electrons. The number of unbranched alkanes of at least 4 members (excludes halogenated alkanes) is 1. The van der Waals surface area contributed by atoms with E-state index in [0.717, 1.165) is 23.1 Å². The van der Waals surface area contributed by atoms with Crippen molar-refractivity contribution in [1.29, 1.82) is 0 Å². The summed E-state index contributed by atoms with van der Waals surface area (Å²) < 4.78 is 0. The van der Waals surface area contributed by atoms with Crippen molar-refractivity contribution in [1.82, 2.24) is 5.32 Å². The number of hydrogen-bond acceptors (Lipinski definition) is 3. The van der Waals surface area contributed by atoms with Crippen LogP contribution in [-0.2, 0) is 4.79 Å². The summed E-state index contributed by atoms with van der Waals surface area (Å²) in [5, 5.41) is 2.63. The summed E-state index contributed by atoms with van der Waals surface area (Å²) in [5.41, 5.74) is 8.90. The fourth-order valence-electron chi connectivity index (χ4n) is 2.50.